The summed E-state index contributed by atoms with van der Waals surface area (Å²) in [4.78, 5) is 0. The first kappa shape index (κ1) is 16.2. The van der Waals surface area contributed by atoms with Gasteiger partial charge in [-0.15, -0.1) is 0 Å². The molecule has 0 unspecified atom stereocenters. The average Bonchev–Trinajstić information content (AvgIpc) is 2.31. The summed E-state index contributed by atoms with van der Waals surface area (Å²) in [6.45, 7) is 2.02. The Labute approximate surface area is 120 Å². The van der Waals surface area contributed by atoms with E-state index in [4.69, 9.17) is 23.1 Å². The zero-order valence-corrected chi connectivity index (χ0v) is 11.5. The number of hydrogen-bond donors (Lipinski definition) is 2. The highest BCUT2D eigenvalue weighted by atomic mass is 35.5. The van der Waals surface area contributed by atoms with Gasteiger partial charge in [-0.25, -0.2) is 0 Å². The lowest BCUT2D eigenvalue weighted by atomic mass is 10.2. The van der Waals surface area contributed by atoms with Crippen molar-refractivity contribution >= 4 is 23.0 Å². The Kier molecular flexibility index (Phi) is 5.27. The van der Waals surface area contributed by atoms with Crippen LogP contribution in [0.1, 0.15) is 11.1 Å². The summed E-state index contributed by atoms with van der Waals surface area (Å²) >= 11 is 5.31. The number of nitrogens with two attached hydrogens (primary N) is 2. The Morgan fingerprint density at radius 3 is 1.95 bits per heavy atom. The molecule has 0 aliphatic rings. The van der Waals surface area contributed by atoms with Gasteiger partial charge in [0.15, 0.2) is 0 Å². The van der Waals surface area contributed by atoms with Crippen molar-refractivity contribution in [1.82, 2.24) is 0 Å². The van der Waals surface area contributed by atoms with E-state index in [0.717, 1.165) is 17.8 Å². The summed E-state index contributed by atoms with van der Waals surface area (Å²) in [5, 5.41) is -0.336. The molecule has 2 aromatic carbocycles. The zero-order chi connectivity index (χ0) is 15.3. The molecule has 20 heavy (non-hydrogen) atoms. The maximum atomic E-state index is 12.1. The van der Waals surface area contributed by atoms with Gasteiger partial charge in [-0.1, -0.05) is 23.7 Å². The number of halogens is 4. The molecular formula is C14H14ClF3N2. The van der Waals surface area contributed by atoms with Gasteiger partial charge in [0.05, 0.1) is 10.6 Å². The number of aryl methyl sites for hydroxylation is 1. The second-order valence-corrected chi connectivity index (χ2v) is 4.56. The van der Waals surface area contributed by atoms with Crippen molar-refractivity contribution in [2.24, 2.45) is 0 Å². The van der Waals surface area contributed by atoms with Gasteiger partial charge in [0.1, 0.15) is 0 Å². The summed E-state index contributed by atoms with van der Waals surface area (Å²) in [6, 6.07) is 11.0. The summed E-state index contributed by atoms with van der Waals surface area (Å²) < 4.78 is 36.3. The fourth-order valence-electron chi connectivity index (χ4n) is 1.43. The second kappa shape index (κ2) is 6.52. The van der Waals surface area contributed by atoms with Crippen LogP contribution in [0.25, 0.3) is 0 Å². The lowest BCUT2D eigenvalue weighted by molar-refractivity contribution is -0.137. The number of benzene rings is 2. The molecule has 0 aliphatic carbocycles. The number of nitrogen functional groups attached to an aromatic ring is 2. The van der Waals surface area contributed by atoms with Crippen LogP contribution < -0.4 is 11.5 Å². The van der Waals surface area contributed by atoms with E-state index < -0.39 is 11.7 Å². The molecule has 0 spiro atoms. The Morgan fingerprint density at radius 2 is 1.55 bits per heavy atom. The molecule has 2 aromatic rings. The van der Waals surface area contributed by atoms with Crippen LogP contribution >= 0.6 is 11.6 Å². The molecule has 0 amide bonds. The molecule has 0 aromatic heterocycles. The molecule has 0 radical (unpaired) electrons. The topological polar surface area (TPSA) is 52.0 Å². The lowest BCUT2D eigenvalue weighted by Gasteiger charge is -2.08. The van der Waals surface area contributed by atoms with E-state index in [0.29, 0.717) is 0 Å². The van der Waals surface area contributed by atoms with Crippen molar-refractivity contribution in [2.45, 2.75) is 13.1 Å². The van der Waals surface area contributed by atoms with Gasteiger partial charge < -0.3 is 11.5 Å². The van der Waals surface area contributed by atoms with Crippen LogP contribution in [0.3, 0.4) is 0 Å². The van der Waals surface area contributed by atoms with Crippen LogP contribution in [0.2, 0.25) is 5.02 Å². The van der Waals surface area contributed by atoms with Crippen LogP contribution in [-0.2, 0) is 6.18 Å². The summed E-state index contributed by atoms with van der Waals surface area (Å²) in [5.41, 5.74) is 11.8. The van der Waals surface area contributed by atoms with Gasteiger partial charge in [-0.2, -0.15) is 13.2 Å². The fourth-order valence-corrected chi connectivity index (χ4v) is 1.65. The maximum absolute atomic E-state index is 12.1. The third-order valence-electron chi connectivity index (χ3n) is 2.34. The van der Waals surface area contributed by atoms with Crippen molar-refractivity contribution < 1.29 is 13.2 Å². The normalized spacial score (nSPS) is 10.7. The van der Waals surface area contributed by atoms with E-state index in [2.05, 4.69) is 0 Å². The standard InChI is InChI=1S/C7H5ClF3N.C7H9N/c8-6-2-1-4(12)3-5(6)7(9,10)11;1-6-3-2-4-7(8)5-6/h1-3H,12H2;2-5H,8H2,1H3. The zero-order valence-electron chi connectivity index (χ0n) is 10.7. The van der Waals surface area contributed by atoms with Gasteiger partial charge >= 0.3 is 6.18 Å². The minimum atomic E-state index is -4.44. The van der Waals surface area contributed by atoms with E-state index >= 15 is 0 Å². The van der Waals surface area contributed by atoms with Crippen molar-refractivity contribution in [2.75, 3.05) is 11.5 Å². The highest BCUT2D eigenvalue weighted by molar-refractivity contribution is 6.31. The molecule has 2 nitrogen and oxygen atoms in total. The molecule has 0 saturated carbocycles. The predicted molar refractivity (Wildman–Crippen MR) is 76.5 cm³/mol. The van der Waals surface area contributed by atoms with E-state index in [1.807, 2.05) is 31.2 Å². The summed E-state index contributed by atoms with van der Waals surface area (Å²) in [5.74, 6) is 0. The quantitative estimate of drug-likeness (QED) is 0.703. The van der Waals surface area contributed by atoms with Crippen LogP contribution in [0, 0.1) is 6.92 Å². The maximum Gasteiger partial charge on any atom is 0.417 e. The number of rotatable bonds is 0. The number of anilines is 2. The Bertz CT molecular complexity index is 566. The highest BCUT2D eigenvalue weighted by Gasteiger charge is 2.33. The molecule has 0 atom stereocenters. The third kappa shape index (κ3) is 5.01. The Hall–Kier alpha value is -1.88. The molecule has 4 N–H and O–H groups in total. The Morgan fingerprint density at radius 1 is 0.950 bits per heavy atom. The Balaban J connectivity index is 0.000000217. The smallest absolute Gasteiger partial charge is 0.399 e. The highest BCUT2D eigenvalue weighted by Crippen LogP contribution is 2.35. The molecule has 0 bridgehead atoms. The molecule has 108 valence electrons. The van der Waals surface area contributed by atoms with Gasteiger partial charge in [-0.3, -0.25) is 0 Å². The van der Waals surface area contributed by atoms with Crippen LogP contribution in [-0.4, -0.2) is 0 Å². The molecule has 0 fully saturated rings. The summed E-state index contributed by atoms with van der Waals surface area (Å²) in [6.07, 6.45) is -4.44. The first-order valence-electron chi connectivity index (χ1n) is 5.64. The molecule has 0 heterocycles. The largest absolute Gasteiger partial charge is 0.417 e. The lowest BCUT2D eigenvalue weighted by Crippen LogP contribution is -2.06. The van der Waals surface area contributed by atoms with Gasteiger partial charge in [0.25, 0.3) is 0 Å². The monoisotopic (exact) mass is 302 g/mol. The van der Waals surface area contributed by atoms with E-state index in [1.165, 1.54) is 11.6 Å². The first-order valence-corrected chi connectivity index (χ1v) is 6.02. The van der Waals surface area contributed by atoms with Crippen LogP contribution in [0.15, 0.2) is 42.5 Å². The number of hydrogen-bond acceptors (Lipinski definition) is 2. The fraction of sp³-hybridized carbons (Fsp3) is 0.143. The molecule has 6 heteroatoms. The van der Waals surface area contributed by atoms with Crippen molar-refractivity contribution in [1.29, 1.82) is 0 Å². The molecule has 2 rings (SSSR count). The van der Waals surface area contributed by atoms with Gasteiger partial charge in [0, 0.05) is 11.4 Å². The van der Waals surface area contributed by atoms with E-state index in [9.17, 15) is 13.2 Å². The molecule has 0 aliphatic heterocycles. The van der Waals surface area contributed by atoms with Crippen LogP contribution in [0.4, 0.5) is 24.5 Å². The number of alkyl halides is 3. The van der Waals surface area contributed by atoms with E-state index in [-0.39, 0.29) is 10.7 Å². The third-order valence-corrected chi connectivity index (χ3v) is 2.67. The average molecular weight is 303 g/mol. The van der Waals surface area contributed by atoms with Crippen molar-refractivity contribution in [3.63, 3.8) is 0 Å². The first-order chi connectivity index (χ1) is 9.20. The second-order valence-electron chi connectivity index (χ2n) is 4.15. The van der Waals surface area contributed by atoms with Gasteiger partial charge in [-0.05, 0) is 42.8 Å². The van der Waals surface area contributed by atoms with E-state index in [1.54, 1.807) is 0 Å². The minimum absolute atomic E-state index is 0.0479. The molecular weight excluding hydrogens is 289 g/mol. The molecule has 0 saturated heterocycles. The van der Waals surface area contributed by atoms with Crippen molar-refractivity contribution in [3.8, 4) is 0 Å². The predicted octanol–water partition coefficient (Wildman–Crippen LogP) is 4.52. The van der Waals surface area contributed by atoms with Gasteiger partial charge in [0.2, 0.25) is 0 Å². The van der Waals surface area contributed by atoms with Crippen LogP contribution in [0.5, 0.6) is 0 Å². The van der Waals surface area contributed by atoms with Crippen molar-refractivity contribution in [3.05, 3.63) is 58.6 Å². The summed E-state index contributed by atoms with van der Waals surface area (Å²) in [7, 11) is 0. The minimum Gasteiger partial charge on any atom is -0.399 e. The SMILES string of the molecule is Cc1cccc(N)c1.Nc1ccc(Cl)c(C(F)(F)F)c1.